The van der Waals surface area contributed by atoms with E-state index in [0.29, 0.717) is 28.2 Å². The molecule has 5 N–H and O–H groups in total. The van der Waals surface area contributed by atoms with E-state index in [9.17, 15) is 24.3 Å². The lowest BCUT2D eigenvalue weighted by Crippen LogP contribution is -2.44. The number of fused-ring (bicyclic) bond motifs is 1. The van der Waals surface area contributed by atoms with Crippen molar-refractivity contribution in [2.75, 3.05) is 13.3 Å². The summed E-state index contributed by atoms with van der Waals surface area (Å²) in [6.07, 6.45) is 1.02. The Labute approximate surface area is 199 Å². The number of ether oxygens (including phenoxy) is 2. The van der Waals surface area contributed by atoms with Crippen molar-refractivity contribution in [3.63, 3.8) is 0 Å². The van der Waals surface area contributed by atoms with Crippen LogP contribution >= 0.6 is 0 Å². The molecule has 2 aliphatic rings. The van der Waals surface area contributed by atoms with Gasteiger partial charge in [0.05, 0.1) is 18.7 Å². The predicted molar refractivity (Wildman–Crippen MR) is 122 cm³/mol. The molecular formula is C23H23N5O7. The topological polar surface area (TPSA) is 173 Å². The summed E-state index contributed by atoms with van der Waals surface area (Å²) in [5, 5.41) is 18.0. The van der Waals surface area contributed by atoms with Crippen LogP contribution in [0.1, 0.15) is 36.1 Å². The number of carboxylic acid groups (broad SMARTS) is 1. The normalized spacial score (nSPS) is 19.6. The summed E-state index contributed by atoms with van der Waals surface area (Å²) in [6.45, 7) is 0.999. The largest absolute Gasteiger partial charge is 0.481 e. The van der Waals surface area contributed by atoms with Crippen molar-refractivity contribution in [3.8, 4) is 11.5 Å². The first-order chi connectivity index (χ1) is 16.7. The smallest absolute Gasteiger partial charge is 0.325 e. The van der Waals surface area contributed by atoms with Gasteiger partial charge in [-0.25, -0.2) is 4.79 Å². The predicted octanol–water partition coefficient (Wildman–Crippen LogP) is 0.807. The molecule has 0 spiro atoms. The Morgan fingerprint density at radius 3 is 2.63 bits per heavy atom. The van der Waals surface area contributed by atoms with Crippen LogP contribution in [0.4, 0.5) is 4.79 Å². The number of hydrazone groups is 1. The Bertz CT molecular complexity index is 1210. The van der Waals surface area contributed by atoms with E-state index in [-0.39, 0.29) is 6.79 Å². The summed E-state index contributed by atoms with van der Waals surface area (Å²) in [6, 6.07) is 9.85. The van der Waals surface area contributed by atoms with Gasteiger partial charge in [-0.3, -0.25) is 19.3 Å². The standard InChI is InChI=1S/C23H23N5O7/c1-23(15-5-2-13(3-6-15)10-25-24)21(32)28(22(33)27-23)11-19(29)26-16(9-20(30)31)14-4-7-17-18(8-14)35-12-34-17/h2-8,10,16H,9,11-12,24H2,1H3,(H,26,29)(H,27,33)(H,30,31)/b25-10+. The Morgan fingerprint density at radius 2 is 1.94 bits per heavy atom. The van der Waals surface area contributed by atoms with Gasteiger partial charge in [-0.1, -0.05) is 30.3 Å². The number of carboxylic acids is 1. The van der Waals surface area contributed by atoms with E-state index in [1.165, 1.54) is 13.1 Å². The van der Waals surface area contributed by atoms with Crippen LogP contribution in [0.5, 0.6) is 11.5 Å². The van der Waals surface area contributed by atoms with Gasteiger partial charge in [0.15, 0.2) is 11.5 Å². The number of urea groups is 1. The molecule has 0 bridgehead atoms. The Balaban J connectivity index is 1.48. The zero-order valence-electron chi connectivity index (χ0n) is 18.7. The zero-order chi connectivity index (χ0) is 25.2. The minimum absolute atomic E-state index is 0.0447. The molecule has 2 aromatic carbocycles. The van der Waals surface area contributed by atoms with Crippen molar-refractivity contribution >= 4 is 30.0 Å². The molecule has 182 valence electrons. The number of aliphatic carboxylic acids is 1. The third-order valence-electron chi connectivity index (χ3n) is 5.80. The van der Waals surface area contributed by atoms with Gasteiger partial charge in [0.2, 0.25) is 12.7 Å². The maximum atomic E-state index is 13.1. The fraction of sp³-hybridized carbons (Fsp3) is 0.261. The summed E-state index contributed by atoms with van der Waals surface area (Å²) in [7, 11) is 0. The van der Waals surface area contributed by atoms with Crippen LogP contribution in [0.25, 0.3) is 0 Å². The van der Waals surface area contributed by atoms with Crippen LogP contribution in [0.2, 0.25) is 0 Å². The quantitative estimate of drug-likeness (QED) is 0.185. The van der Waals surface area contributed by atoms with Gasteiger partial charge in [0.1, 0.15) is 12.1 Å². The molecule has 2 atom stereocenters. The van der Waals surface area contributed by atoms with Gasteiger partial charge in [0, 0.05) is 0 Å². The van der Waals surface area contributed by atoms with Gasteiger partial charge in [0.25, 0.3) is 5.91 Å². The van der Waals surface area contributed by atoms with E-state index in [4.69, 9.17) is 15.3 Å². The first-order valence-electron chi connectivity index (χ1n) is 10.6. The summed E-state index contributed by atoms with van der Waals surface area (Å²) in [4.78, 5) is 50.7. The third-order valence-corrected chi connectivity index (χ3v) is 5.80. The van der Waals surface area contributed by atoms with E-state index in [0.717, 1.165) is 4.90 Å². The fourth-order valence-electron chi connectivity index (χ4n) is 3.97. The number of imide groups is 1. The summed E-state index contributed by atoms with van der Waals surface area (Å²) in [5.41, 5.74) is 0.319. The van der Waals surface area contributed by atoms with Crippen LogP contribution in [-0.4, -0.2) is 53.4 Å². The Hall–Kier alpha value is -4.61. The average Bonchev–Trinajstić information content (AvgIpc) is 3.37. The molecule has 2 aromatic rings. The maximum absolute atomic E-state index is 13.1. The SMILES string of the molecule is CC1(c2ccc(/C=N/N)cc2)NC(=O)N(CC(=O)NC(CC(=O)O)c2ccc3c(c2)OCO3)C1=O. The molecule has 4 rings (SSSR count). The highest BCUT2D eigenvalue weighted by Gasteiger charge is 2.49. The highest BCUT2D eigenvalue weighted by Crippen LogP contribution is 2.35. The molecule has 2 aliphatic heterocycles. The maximum Gasteiger partial charge on any atom is 0.325 e. The van der Waals surface area contributed by atoms with Crippen molar-refractivity contribution in [2.24, 2.45) is 10.9 Å². The lowest BCUT2D eigenvalue weighted by atomic mass is 9.91. The minimum Gasteiger partial charge on any atom is -0.481 e. The average molecular weight is 481 g/mol. The lowest BCUT2D eigenvalue weighted by Gasteiger charge is -2.23. The number of carbonyl (C=O) groups excluding carboxylic acids is 3. The summed E-state index contributed by atoms with van der Waals surface area (Å²) < 4.78 is 10.6. The second-order valence-electron chi connectivity index (χ2n) is 8.18. The number of carbonyl (C=O) groups is 4. The molecule has 2 unspecified atom stereocenters. The summed E-state index contributed by atoms with van der Waals surface area (Å²) >= 11 is 0. The molecule has 35 heavy (non-hydrogen) atoms. The number of hydrogen-bond acceptors (Lipinski definition) is 8. The molecule has 0 saturated carbocycles. The first kappa shape index (κ1) is 23.5. The molecule has 2 heterocycles. The van der Waals surface area contributed by atoms with Crippen LogP contribution in [0, 0.1) is 0 Å². The number of rotatable bonds is 8. The van der Waals surface area contributed by atoms with Crippen molar-refractivity contribution in [2.45, 2.75) is 24.9 Å². The number of amides is 4. The molecular weight excluding hydrogens is 458 g/mol. The van der Waals surface area contributed by atoms with E-state index in [1.54, 1.807) is 42.5 Å². The van der Waals surface area contributed by atoms with Crippen molar-refractivity contribution in [1.82, 2.24) is 15.5 Å². The number of nitrogens with zero attached hydrogens (tertiary/aromatic N) is 2. The van der Waals surface area contributed by atoms with Crippen LogP contribution in [0.3, 0.4) is 0 Å². The van der Waals surface area contributed by atoms with Crippen molar-refractivity contribution in [1.29, 1.82) is 0 Å². The van der Waals surface area contributed by atoms with Crippen molar-refractivity contribution < 1.29 is 33.8 Å². The highest BCUT2D eigenvalue weighted by atomic mass is 16.7. The Kier molecular flexibility index (Phi) is 6.28. The van der Waals surface area contributed by atoms with Gasteiger partial charge in [-0.15, -0.1) is 0 Å². The van der Waals surface area contributed by atoms with E-state index >= 15 is 0 Å². The van der Waals surface area contributed by atoms with Gasteiger partial charge < -0.3 is 31.1 Å². The molecule has 0 aromatic heterocycles. The first-order valence-corrected chi connectivity index (χ1v) is 10.6. The molecule has 12 heteroatoms. The van der Waals surface area contributed by atoms with Crippen LogP contribution in [0.15, 0.2) is 47.6 Å². The van der Waals surface area contributed by atoms with Gasteiger partial charge >= 0.3 is 12.0 Å². The number of hydrogen-bond donors (Lipinski definition) is 4. The van der Waals surface area contributed by atoms with Crippen LogP contribution in [-0.2, 0) is 19.9 Å². The fourth-order valence-corrected chi connectivity index (χ4v) is 3.97. The molecule has 12 nitrogen and oxygen atoms in total. The minimum atomic E-state index is -1.38. The highest BCUT2D eigenvalue weighted by molar-refractivity contribution is 6.09. The number of nitrogens with two attached hydrogens (primary N) is 1. The van der Waals surface area contributed by atoms with E-state index < -0.39 is 48.4 Å². The molecule has 1 fully saturated rings. The van der Waals surface area contributed by atoms with Gasteiger partial charge in [-0.2, -0.15) is 5.10 Å². The third kappa shape index (κ3) is 4.71. The summed E-state index contributed by atoms with van der Waals surface area (Å²) in [5.74, 6) is 3.63. The second-order valence-corrected chi connectivity index (χ2v) is 8.18. The van der Waals surface area contributed by atoms with E-state index in [1.807, 2.05) is 0 Å². The molecule has 4 amide bonds. The van der Waals surface area contributed by atoms with Gasteiger partial charge in [-0.05, 0) is 35.7 Å². The lowest BCUT2D eigenvalue weighted by molar-refractivity contribution is -0.138. The molecule has 1 saturated heterocycles. The Morgan fingerprint density at radius 1 is 1.23 bits per heavy atom. The van der Waals surface area contributed by atoms with Crippen molar-refractivity contribution in [3.05, 3.63) is 59.2 Å². The van der Waals surface area contributed by atoms with E-state index in [2.05, 4.69) is 15.7 Å². The molecule has 0 aliphatic carbocycles. The number of benzene rings is 2. The monoisotopic (exact) mass is 481 g/mol. The zero-order valence-corrected chi connectivity index (χ0v) is 18.7. The van der Waals surface area contributed by atoms with Crippen LogP contribution < -0.4 is 25.9 Å². The molecule has 0 radical (unpaired) electrons. The number of nitrogens with one attached hydrogen (secondary N) is 2. The second kappa shape index (κ2) is 9.33.